The molecule has 20 heavy (non-hydrogen) atoms. The van der Waals surface area contributed by atoms with Gasteiger partial charge in [0.25, 0.3) is 5.91 Å². The van der Waals surface area contributed by atoms with E-state index < -0.39 is 0 Å². The summed E-state index contributed by atoms with van der Waals surface area (Å²) >= 11 is 3.48. The Morgan fingerprint density at radius 3 is 2.70 bits per heavy atom. The third-order valence-corrected chi connectivity index (χ3v) is 4.97. The van der Waals surface area contributed by atoms with Crippen LogP contribution in [0.25, 0.3) is 0 Å². The Kier molecular flexibility index (Phi) is 5.61. The first-order valence-corrected chi connectivity index (χ1v) is 8.23. The van der Waals surface area contributed by atoms with Crippen LogP contribution in [0.4, 0.5) is 0 Å². The Balaban J connectivity index is 2.23. The monoisotopic (exact) mass is 338 g/mol. The van der Waals surface area contributed by atoms with Crippen molar-refractivity contribution in [2.45, 2.75) is 38.6 Å². The third-order valence-electron chi connectivity index (χ3n) is 4.28. The molecule has 1 aliphatic carbocycles. The molecule has 0 heterocycles. The van der Waals surface area contributed by atoms with Crippen molar-refractivity contribution in [1.29, 1.82) is 0 Å². The molecule has 1 aromatic carbocycles. The lowest BCUT2D eigenvalue weighted by Crippen LogP contribution is -2.48. The SMILES string of the molecule is CCN(C(=O)c1ccccc1Br)C1CCCCC1CN. The molecule has 1 amide bonds. The van der Waals surface area contributed by atoms with Crippen LogP contribution in [-0.2, 0) is 0 Å². The highest BCUT2D eigenvalue weighted by Gasteiger charge is 2.32. The fourth-order valence-electron chi connectivity index (χ4n) is 3.19. The first-order chi connectivity index (χ1) is 9.69. The number of hydrogen-bond acceptors (Lipinski definition) is 2. The van der Waals surface area contributed by atoms with E-state index in [9.17, 15) is 4.79 Å². The molecule has 110 valence electrons. The third kappa shape index (κ3) is 3.23. The molecule has 0 aliphatic heterocycles. The normalized spacial score (nSPS) is 22.6. The van der Waals surface area contributed by atoms with Gasteiger partial charge in [0.1, 0.15) is 0 Å². The molecule has 1 aromatic rings. The van der Waals surface area contributed by atoms with Crippen LogP contribution < -0.4 is 5.73 Å². The maximum Gasteiger partial charge on any atom is 0.255 e. The molecule has 1 saturated carbocycles. The van der Waals surface area contributed by atoms with E-state index in [0.29, 0.717) is 18.5 Å². The van der Waals surface area contributed by atoms with Crippen molar-refractivity contribution < 1.29 is 4.79 Å². The number of amides is 1. The zero-order valence-electron chi connectivity index (χ0n) is 12.0. The molecule has 0 spiro atoms. The fraction of sp³-hybridized carbons (Fsp3) is 0.562. The molecule has 1 aliphatic rings. The summed E-state index contributed by atoms with van der Waals surface area (Å²) in [5.41, 5.74) is 6.65. The molecule has 3 nitrogen and oxygen atoms in total. The second kappa shape index (κ2) is 7.23. The van der Waals surface area contributed by atoms with Gasteiger partial charge in [-0.2, -0.15) is 0 Å². The van der Waals surface area contributed by atoms with Gasteiger partial charge in [0, 0.05) is 17.1 Å². The summed E-state index contributed by atoms with van der Waals surface area (Å²) in [6.45, 7) is 3.46. The van der Waals surface area contributed by atoms with Gasteiger partial charge >= 0.3 is 0 Å². The van der Waals surface area contributed by atoms with Gasteiger partial charge in [-0.15, -0.1) is 0 Å². The largest absolute Gasteiger partial charge is 0.336 e. The second-order valence-corrected chi connectivity index (χ2v) is 6.27. The molecule has 0 aromatic heterocycles. The Morgan fingerprint density at radius 1 is 1.35 bits per heavy atom. The molecule has 2 atom stereocenters. The average Bonchev–Trinajstić information content (AvgIpc) is 2.49. The minimum atomic E-state index is 0.116. The highest BCUT2D eigenvalue weighted by Crippen LogP contribution is 2.29. The number of benzene rings is 1. The van der Waals surface area contributed by atoms with Crippen molar-refractivity contribution in [2.75, 3.05) is 13.1 Å². The number of hydrogen-bond donors (Lipinski definition) is 1. The maximum atomic E-state index is 12.8. The summed E-state index contributed by atoms with van der Waals surface area (Å²) in [4.78, 5) is 14.8. The lowest BCUT2D eigenvalue weighted by molar-refractivity contribution is 0.0559. The van der Waals surface area contributed by atoms with Gasteiger partial charge in [0.15, 0.2) is 0 Å². The molecule has 2 N–H and O–H groups in total. The lowest BCUT2D eigenvalue weighted by atomic mass is 9.83. The van der Waals surface area contributed by atoms with Crippen molar-refractivity contribution in [1.82, 2.24) is 4.90 Å². The predicted octanol–water partition coefficient (Wildman–Crippen LogP) is 3.43. The van der Waals surface area contributed by atoms with Crippen molar-refractivity contribution in [2.24, 2.45) is 11.7 Å². The Hall–Kier alpha value is -0.870. The van der Waals surface area contributed by atoms with Gasteiger partial charge < -0.3 is 10.6 Å². The fourth-order valence-corrected chi connectivity index (χ4v) is 3.65. The zero-order chi connectivity index (χ0) is 14.5. The highest BCUT2D eigenvalue weighted by molar-refractivity contribution is 9.10. The van der Waals surface area contributed by atoms with Crippen LogP contribution in [-0.4, -0.2) is 29.9 Å². The number of halogens is 1. The molecular weight excluding hydrogens is 316 g/mol. The molecule has 1 fully saturated rings. The van der Waals surface area contributed by atoms with Crippen LogP contribution >= 0.6 is 15.9 Å². The van der Waals surface area contributed by atoms with Crippen LogP contribution in [0, 0.1) is 5.92 Å². The van der Waals surface area contributed by atoms with Gasteiger partial charge in [-0.05, 0) is 60.3 Å². The summed E-state index contributed by atoms with van der Waals surface area (Å²) in [6.07, 6.45) is 4.65. The van der Waals surface area contributed by atoms with E-state index in [-0.39, 0.29) is 5.91 Å². The van der Waals surface area contributed by atoms with E-state index in [1.54, 1.807) is 0 Å². The molecule has 0 radical (unpaired) electrons. The van der Waals surface area contributed by atoms with Crippen LogP contribution in [0.2, 0.25) is 0 Å². The van der Waals surface area contributed by atoms with Crippen molar-refractivity contribution in [3.63, 3.8) is 0 Å². The predicted molar refractivity (Wildman–Crippen MR) is 85.7 cm³/mol. The van der Waals surface area contributed by atoms with Gasteiger partial charge in [0.05, 0.1) is 5.56 Å². The lowest BCUT2D eigenvalue weighted by Gasteiger charge is -2.39. The first-order valence-electron chi connectivity index (χ1n) is 7.44. The minimum absolute atomic E-state index is 0.116. The van der Waals surface area contributed by atoms with Crippen LogP contribution in [0.3, 0.4) is 0 Å². The summed E-state index contributed by atoms with van der Waals surface area (Å²) < 4.78 is 0.864. The van der Waals surface area contributed by atoms with E-state index in [4.69, 9.17) is 5.73 Å². The summed E-state index contributed by atoms with van der Waals surface area (Å²) in [6, 6.07) is 7.93. The number of nitrogens with zero attached hydrogens (tertiary/aromatic N) is 1. The van der Waals surface area contributed by atoms with Crippen LogP contribution in [0.5, 0.6) is 0 Å². The Morgan fingerprint density at radius 2 is 2.05 bits per heavy atom. The van der Waals surface area contributed by atoms with E-state index in [0.717, 1.165) is 29.4 Å². The number of carbonyl (C=O) groups excluding carboxylic acids is 1. The van der Waals surface area contributed by atoms with Crippen molar-refractivity contribution >= 4 is 21.8 Å². The number of rotatable bonds is 4. The van der Waals surface area contributed by atoms with E-state index in [1.165, 1.54) is 12.8 Å². The van der Waals surface area contributed by atoms with E-state index >= 15 is 0 Å². The number of carbonyl (C=O) groups is 1. The summed E-state index contributed by atoms with van der Waals surface area (Å²) in [5.74, 6) is 0.556. The molecule has 4 heteroatoms. The van der Waals surface area contributed by atoms with E-state index in [2.05, 4.69) is 22.9 Å². The zero-order valence-corrected chi connectivity index (χ0v) is 13.6. The smallest absolute Gasteiger partial charge is 0.255 e. The quantitative estimate of drug-likeness (QED) is 0.914. The van der Waals surface area contributed by atoms with Gasteiger partial charge in [0.2, 0.25) is 0 Å². The van der Waals surface area contributed by atoms with Crippen molar-refractivity contribution in [3.8, 4) is 0 Å². The van der Waals surface area contributed by atoms with Gasteiger partial charge in [-0.1, -0.05) is 25.0 Å². The molecule has 2 unspecified atom stereocenters. The van der Waals surface area contributed by atoms with E-state index in [1.807, 2.05) is 29.2 Å². The summed E-state index contributed by atoms with van der Waals surface area (Å²) in [7, 11) is 0. The molecule has 0 saturated heterocycles. The summed E-state index contributed by atoms with van der Waals surface area (Å²) in [5, 5.41) is 0. The van der Waals surface area contributed by atoms with Gasteiger partial charge in [-0.25, -0.2) is 0 Å². The Labute approximate surface area is 129 Å². The van der Waals surface area contributed by atoms with Gasteiger partial charge in [-0.3, -0.25) is 4.79 Å². The highest BCUT2D eigenvalue weighted by atomic mass is 79.9. The number of nitrogens with two attached hydrogens (primary N) is 1. The molecule has 2 rings (SSSR count). The topological polar surface area (TPSA) is 46.3 Å². The molecular formula is C16H23BrN2O. The van der Waals surface area contributed by atoms with Crippen LogP contribution in [0.1, 0.15) is 43.0 Å². The van der Waals surface area contributed by atoms with Crippen molar-refractivity contribution in [3.05, 3.63) is 34.3 Å². The standard InChI is InChI=1S/C16H23BrN2O/c1-2-19(15-10-6-3-7-12(15)11-18)16(20)13-8-4-5-9-14(13)17/h4-5,8-9,12,15H,2-3,6-7,10-11,18H2,1H3. The Bertz CT molecular complexity index is 464. The second-order valence-electron chi connectivity index (χ2n) is 5.42. The first kappa shape index (κ1) is 15.5. The average molecular weight is 339 g/mol. The maximum absolute atomic E-state index is 12.8. The minimum Gasteiger partial charge on any atom is -0.336 e. The van der Waals surface area contributed by atoms with Crippen LogP contribution in [0.15, 0.2) is 28.7 Å². The molecule has 0 bridgehead atoms.